The number of nitrogens with one attached hydrogen (secondary N) is 2. The van der Waals surface area contributed by atoms with Crippen LogP contribution in [0.15, 0.2) is 45.5 Å². The summed E-state index contributed by atoms with van der Waals surface area (Å²) in [6, 6.07) is 9.05. The van der Waals surface area contributed by atoms with E-state index in [1.54, 1.807) is 29.3 Å². The lowest BCUT2D eigenvalue weighted by molar-refractivity contribution is 0.601. The van der Waals surface area contributed by atoms with E-state index >= 15 is 0 Å². The molecule has 0 aliphatic heterocycles. The standard InChI is InChI=1S/C13H16N2O2S3/c1-14-8-12-7-13(9-19-12)20(16,17)15-10-4-3-5-11(6-10)18-2/h3-7,9,14-15H,8H2,1-2H3. The second-order valence-electron chi connectivity index (χ2n) is 4.12. The van der Waals surface area contributed by atoms with Crippen LogP contribution < -0.4 is 10.0 Å². The number of hydrogen-bond donors (Lipinski definition) is 2. The van der Waals surface area contributed by atoms with E-state index in [1.807, 2.05) is 31.5 Å². The van der Waals surface area contributed by atoms with Crippen LogP contribution in [0.1, 0.15) is 4.88 Å². The molecular formula is C13H16N2O2S3. The van der Waals surface area contributed by atoms with Crippen LogP contribution in [0.4, 0.5) is 5.69 Å². The van der Waals surface area contributed by atoms with Gasteiger partial charge in [0, 0.05) is 27.4 Å². The van der Waals surface area contributed by atoms with E-state index in [1.165, 1.54) is 11.3 Å². The van der Waals surface area contributed by atoms with Gasteiger partial charge in [-0.1, -0.05) is 6.07 Å². The summed E-state index contributed by atoms with van der Waals surface area (Å²) < 4.78 is 27.2. The zero-order valence-corrected chi connectivity index (χ0v) is 13.7. The number of thioether (sulfide) groups is 1. The van der Waals surface area contributed by atoms with Crippen molar-refractivity contribution in [3.8, 4) is 0 Å². The number of thiophene rings is 1. The Morgan fingerprint density at radius 3 is 2.80 bits per heavy atom. The normalized spacial score (nSPS) is 11.5. The van der Waals surface area contributed by atoms with Gasteiger partial charge in [-0.3, -0.25) is 4.72 Å². The highest BCUT2D eigenvalue weighted by Crippen LogP contribution is 2.24. The van der Waals surface area contributed by atoms with Crippen molar-refractivity contribution >= 4 is 38.8 Å². The maximum atomic E-state index is 12.3. The summed E-state index contributed by atoms with van der Waals surface area (Å²) in [6.45, 7) is 0.669. The van der Waals surface area contributed by atoms with Gasteiger partial charge < -0.3 is 5.32 Å². The molecule has 1 aromatic heterocycles. The van der Waals surface area contributed by atoms with Gasteiger partial charge in [0.25, 0.3) is 10.0 Å². The van der Waals surface area contributed by atoms with Crippen molar-refractivity contribution in [2.75, 3.05) is 18.0 Å². The lowest BCUT2D eigenvalue weighted by Crippen LogP contribution is -2.12. The molecule has 0 aliphatic carbocycles. The Bertz CT molecular complexity index is 680. The van der Waals surface area contributed by atoms with Crippen LogP contribution in [0.25, 0.3) is 0 Å². The van der Waals surface area contributed by atoms with Gasteiger partial charge in [0.05, 0.1) is 4.90 Å². The summed E-state index contributed by atoms with van der Waals surface area (Å²) >= 11 is 3.01. The largest absolute Gasteiger partial charge is 0.315 e. The number of hydrogen-bond acceptors (Lipinski definition) is 5. The van der Waals surface area contributed by atoms with Crippen molar-refractivity contribution in [3.05, 3.63) is 40.6 Å². The predicted molar refractivity (Wildman–Crippen MR) is 86.1 cm³/mol. The summed E-state index contributed by atoms with van der Waals surface area (Å²) in [5, 5.41) is 4.67. The molecule has 0 unspecified atom stereocenters. The van der Waals surface area contributed by atoms with Gasteiger partial charge in [-0.05, 0) is 37.6 Å². The topological polar surface area (TPSA) is 58.2 Å². The minimum Gasteiger partial charge on any atom is -0.315 e. The van der Waals surface area contributed by atoms with Crippen molar-refractivity contribution in [2.45, 2.75) is 16.3 Å². The first kappa shape index (κ1) is 15.4. The van der Waals surface area contributed by atoms with Gasteiger partial charge in [0.1, 0.15) is 0 Å². The van der Waals surface area contributed by atoms with Gasteiger partial charge in [-0.2, -0.15) is 0 Å². The number of sulfonamides is 1. The van der Waals surface area contributed by atoms with Crippen LogP contribution in [0, 0.1) is 0 Å². The molecule has 0 saturated heterocycles. The van der Waals surface area contributed by atoms with Gasteiger partial charge >= 0.3 is 0 Å². The third-order valence-electron chi connectivity index (χ3n) is 2.61. The molecule has 2 N–H and O–H groups in total. The number of rotatable bonds is 6. The van der Waals surface area contributed by atoms with Crippen LogP contribution >= 0.6 is 23.1 Å². The van der Waals surface area contributed by atoms with Gasteiger partial charge in [0.15, 0.2) is 0 Å². The molecule has 108 valence electrons. The molecule has 0 saturated carbocycles. The highest BCUT2D eigenvalue weighted by Gasteiger charge is 2.16. The zero-order valence-electron chi connectivity index (χ0n) is 11.2. The summed E-state index contributed by atoms with van der Waals surface area (Å²) in [4.78, 5) is 2.32. The summed E-state index contributed by atoms with van der Waals surface area (Å²) in [7, 11) is -1.68. The quantitative estimate of drug-likeness (QED) is 0.801. The molecule has 2 aromatic rings. The maximum absolute atomic E-state index is 12.3. The molecule has 1 aromatic carbocycles. The molecular weight excluding hydrogens is 312 g/mol. The van der Waals surface area contributed by atoms with Crippen molar-refractivity contribution < 1.29 is 8.42 Å². The molecule has 0 bridgehead atoms. The first-order valence-corrected chi connectivity index (χ1v) is 9.53. The molecule has 1 heterocycles. The van der Waals surface area contributed by atoms with Crippen molar-refractivity contribution in [1.82, 2.24) is 5.32 Å². The minimum absolute atomic E-state index is 0.308. The van der Waals surface area contributed by atoms with E-state index in [0.29, 0.717) is 17.1 Å². The van der Waals surface area contributed by atoms with Crippen LogP contribution in [-0.2, 0) is 16.6 Å². The molecule has 0 radical (unpaired) electrons. The third kappa shape index (κ3) is 3.76. The SMILES string of the molecule is CNCc1cc(S(=O)(=O)Nc2cccc(SC)c2)cs1. The lowest BCUT2D eigenvalue weighted by Gasteiger charge is -2.07. The van der Waals surface area contributed by atoms with E-state index in [-0.39, 0.29) is 0 Å². The second kappa shape index (κ2) is 6.62. The van der Waals surface area contributed by atoms with Crippen LogP contribution in [0.3, 0.4) is 0 Å². The lowest BCUT2D eigenvalue weighted by atomic mass is 10.3. The smallest absolute Gasteiger partial charge is 0.262 e. The molecule has 20 heavy (non-hydrogen) atoms. The Morgan fingerprint density at radius 1 is 1.30 bits per heavy atom. The Labute approximate surface area is 127 Å². The van der Waals surface area contributed by atoms with Gasteiger partial charge in [0.2, 0.25) is 0 Å². The zero-order chi connectivity index (χ0) is 14.6. The van der Waals surface area contributed by atoms with Gasteiger partial charge in [-0.15, -0.1) is 23.1 Å². The fraction of sp³-hybridized carbons (Fsp3) is 0.231. The first-order chi connectivity index (χ1) is 9.55. The molecule has 0 fully saturated rings. The summed E-state index contributed by atoms with van der Waals surface area (Å²) in [6.07, 6.45) is 1.95. The second-order valence-corrected chi connectivity index (χ2v) is 7.67. The molecule has 7 heteroatoms. The Kier molecular flexibility index (Phi) is 5.09. The monoisotopic (exact) mass is 328 g/mol. The van der Waals surface area contributed by atoms with Crippen LogP contribution in [0.2, 0.25) is 0 Å². The minimum atomic E-state index is -3.51. The highest BCUT2D eigenvalue weighted by molar-refractivity contribution is 7.98. The van der Waals surface area contributed by atoms with Crippen molar-refractivity contribution in [3.63, 3.8) is 0 Å². The number of benzene rings is 1. The van der Waals surface area contributed by atoms with E-state index in [2.05, 4.69) is 10.0 Å². The van der Waals surface area contributed by atoms with Crippen molar-refractivity contribution in [2.24, 2.45) is 0 Å². The predicted octanol–water partition coefficient (Wildman–Crippen LogP) is 2.99. The van der Waals surface area contributed by atoms with E-state index < -0.39 is 10.0 Å². The Balaban J connectivity index is 2.21. The molecule has 0 aliphatic rings. The molecule has 0 amide bonds. The highest BCUT2D eigenvalue weighted by atomic mass is 32.2. The van der Waals surface area contributed by atoms with Crippen LogP contribution in [-0.4, -0.2) is 21.7 Å². The maximum Gasteiger partial charge on any atom is 0.262 e. The van der Waals surface area contributed by atoms with Crippen LogP contribution in [0.5, 0.6) is 0 Å². The molecule has 0 spiro atoms. The van der Waals surface area contributed by atoms with E-state index in [9.17, 15) is 8.42 Å². The Hall–Kier alpha value is -1.02. The number of anilines is 1. The van der Waals surface area contributed by atoms with E-state index in [4.69, 9.17) is 0 Å². The third-order valence-corrected chi connectivity index (χ3v) is 5.78. The van der Waals surface area contributed by atoms with Crippen molar-refractivity contribution in [1.29, 1.82) is 0 Å². The average Bonchev–Trinajstić information content (AvgIpc) is 2.88. The van der Waals surface area contributed by atoms with Gasteiger partial charge in [-0.25, -0.2) is 8.42 Å². The summed E-state index contributed by atoms with van der Waals surface area (Å²) in [5.41, 5.74) is 0.582. The fourth-order valence-electron chi connectivity index (χ4n) is 1.67. The fourth-order valence-corrected chi connectivity index (χ4v) is 4.46. The summed E-state index contributed by atoms with van der Waals surface area (Å²) in [5.74, 6) is 0. The Morgan fingerprint density at radius 2 is 2.10 bits per heavy atom. The molecule has 2 rings (SSSR count). The first-order valence-electron chi connectivity index (χ1n) is 5.94. The molecule has 0 atom stereocenters. The molecule has 4 nitrogen and oxygen atoms in total. The average molecular weight is 328 g/mol. The van der Waals surface area contributed by atoms with E-state index in [0.717, 1.165) is 9.77 Å².